The summed E-state index contributed by atoms with van der Waals surface area (Å²) in [6.45, 7) is -0.162. The van der Waals surface area contributed by atoms with E-state index in [-0.39, 0.29) is 41.5 Å². The quantitative estimate of drug-likeness (QED) is 0.290. The van der Waals surface area contributed by atoms with Crippen molar-refractivity contribution in [3.05, 3.63) is 52.2 Å². The summed E-state index contributed by atoms with van der Waals surface area (Å²) >= 11 is 0.875. The minimum atomic E-state index is -1.04. The summed E-state index contributed by atoms with van der Waals surface area (Å²) in [6.07, 6.45) is 8.81. The van der Waals surface area contributed by atoms with Crippen molar-refractivity contribution in [1.29, 1.82) is 0 Å². The Morgan fingerprint density at radius 3 is 2.72 bits per heavy atom. The zero-order chi connectivity index (χ0) is 25.7. The van der Waals surface area contributed by atoms with Crippen molar-refractivity contribution in [1.82, 2.24) is 24.6 Å². The smallest absolute Gasteiger partial charge is 0.330 e. The molecule has 0 radical (unpaired) electrons. The predicted molar refractivity (Wildman–Crippen MR) is 129 cm³/mol. The molecule has 3 fully saturated rings. The molecule has 3 aliphatic carbocycles. The van der Waals surface area contributed by atoms with Crippen LogP contribution >= 0.6 is 11.5 Å². The van der Waals surface area contributed by atoms with Crippen molar-refractivity contribution >= 4 is 40.9 Å². The van der Waals surface area contributed by atoms with Crippen molar-refractivity contribution in [2.24, 2.45) is 5.92 Å². The molecule has 3 N–H and O–H groups in total. The lowest BCUT2D eigenvalue weighted by Crippen LogP contribution is -2.68. The fourth-order valence-corrected chi connectivity index (χ4v) is 4.80. The van der Waals surface area contributed by atoms with Gasteiger partial charge in [-0.2, -0.15) is 4.37 Å². The zero-order valence-electron chi connectivity index (χ0n) is 19.6. The molecule has 3 amide bonds. The van der Waals surface area contributed by atoms with Crippen LogP contribution in [0.5, 0.6) is 0 Å². The molecule has 3 saturated carbocycles. The molecule has 2 heterocycles. The van der Waals surface area contributed by atoms with Gasteiger partial charge < -0.3 is 25.3 Å². The van der Waals surface area contributed by atoms with Crippen LogP contribution in [0.4, 0.5) is 5.69 Å². The molecule has 3 aliphatic rings. The van der Waals surface area contributed by atoms with E-state index in [1.165, 1.54) is 42.4 Å². The van der Waals surface area contributed by atoms with E-state index in [2.05, 4.69) is 30.0 Å². The maximum absolute atomic E-state index is 13.0. The molecule has 12 nitrogen and oxygen atoms in total. The maximum atomic E-state index is 13.0. The molecule has 2 bridgehead atoms. The first kappa shape index (κ1) is 25.2. The third-order valence-electron chi connectivity index (χ3n) is 6.29. The monoisotopic (exact) mass is 514 g/mol. The Balaban J connectivity index is 1.41. The van der Waals surface area contributed by atoms with Gasteiger partial charge in [0.05, 0.1) is 7.11 Å². The van der Waals surface area contributed by atoms with Crippen LogP contribution < -0.4 is 21.5 Å². The Morgan fingerprint density at radius 1 is 1.31 bits per heavy atom. The van der Waals surface area contributed by atoms with E-state index >= 15 is 0 Å². The fourth-order valence-electron chi connectivity index (χ4n) is 4.37. The van der Waals surface area contributed by atoms with Gasteiger partial charge in [-0.05, 0) is 61.7 Å². The Morgan fingerprint density at radius 2 is 2.08 bits per heavy atom. The Bertz CT molecular complexity index is 1220. The van der Waals surface area contributed by atoms with Crippen molar-refractivity contribution in [3.8, 4) is 0 Å². The molecule has 5 rings (SSSR count). The summed E-state index contributed by atoms with van der Waals surface area (Å²) < 4.78 is 9.54. The lowest BCUT2D eigenvalue weighted by atomic mass is 9.50. The van der Waals surface area contributed by atoms with Gasteiger partial charge in [0.2, 0.25) is 16.8 Å². The number of esters is 1. The van der Waals surface area contributed by atoms with E-state index in [1.807, 2.05) is 0 Å². The number of aromatic nitrogens is 3. The van der Waals surface area contributed by atoms with Gasteiger partial charge in [-0.15, -0.1) is 0 Å². The summed E-state index contributed by atoms with van der Waals surface area (Å²) in [5.41, 5.74) is -0.669. The Hall–Kier alpha value is -3.87. The van der Waals surface area contributed by atoms with Gasteiger partial charge in [-0.3, -0.25) is 19.2 Å². The summed E-state index contributed by atoms with van der Waals surface area (Å²) in [6, 6.07) is 1.94. The highest BCUT2D eigenvalue weighted by atomic mass is 32.1. The highest BCUT2D eigenvalue weighted by Gasteiger charge is 2.57. The molecular formula is C23H26N6O6S. The van der Waals surface area contributed by atoms with Crippen LogP contribution in [0.1, 0.15) is 41.9 Å². The van der Waals surface area contributed by atoms with E-state index in [0.29, 0.717) is 5.92 Å². The molecule has 0 aliphatic heterocycles. The van der Waals surface area contributed by atoms with Crippen LogP contribution in [-0.2, 0) is 25.7 Å². The number of methoxy groups -OCH3 is 1. The van der Waals surface area contributed by atoms with Crippen LogP contribution in [0.25, 0.3) is 0 Å². The van der Waals surface area contributed by atoms with Gasteiger partial charge in [0.1, 0.15) is 24.6 Å². The number of allylic oxidation sites excluding steroid dienone is 1. The number of amides is 3. The molecular weight excluding hydrogens is 488 g/mol. The predicted octanol–water partition coefficient (Wildman–Crippen LogP) is 0.615. The third-order valence-corrected chi connectivity index (χ3v) is 6.95. The molecule has 0 aromatic carbocycles. The van der Waals surface area contributed by atoms with Gasteiger partial charge in [0, 0.05) is 17.8 Å². The molecule has 190 valence electrons. The second kappa shape index (κ2) is 10.8. The Kier molecular flexibility index (Phi) is 7.58. The van der Waals surface area contributed by atoms with Gasteiger partial charge >= 0.3 is 5.97 Å². The number of nitrogens with one attached hydrogen (secondary N) is 3. The first-order valence-electron chi connectivity index (χ1n) is 11.4. The fraction of sp³-hybridized carbons (Fsp3) is 0.435. The second-order valence-corrected chi connectivity index (χ2v) is 9.71. The SMILES string of the molecule is COC(=O)/C=C/CC[C@H](NC(=O)c1ncns1)C(=O)Nc1cccn(CC(=O)NC23CC(C2)C3)c1=O. The van der Waals surface area contributed by atoms with E-state index in [4.69, 9.17) is 0 Å². The highest BCUT2D eigenvalue weighted by molar-refractivity contribution is 7.07. The van der Waals surface area contributed by atoms with Crippen molar-refractivity contribution in [2.75, 3.05) is 12.4 Å². The number of rotatable bonds is 11. The molecule has 1 atom stereocenters. The summed E-state index contributed by atoms with van der Waals surface area (Å²) in [5.74, 6) is -1.31. The number of hydrogen-bond donors (Lipinski definition) is 3. The number of pyridine rings is 1. The third kappa shape index (κ3) is 5.85. The first-order chi connectivity index (χ1) is 17.3. The average Bonchev–Trinajstić information content (AvgIpc) is 3.35. The lowest BCUT2D eigenvalue weighted by Gasteiger charge is -2.61. The number of carbonyl (C=O) groups excluding carboxylic acids is 4. The van der Waals surface area contributed by atoms with Gasteiger partial charge in [0.15, 0.2) is 0 Å². The molecule has 0 spiro atoms. The summed E-state index contributed by atoms with van der Waals surface area (Å²) in [5, 5.41) is 8.22. The molecule has 2 aromatic rings. The average molecular weight is 515 g/mol. The van der Waals surface area contributed by atoms with Crippen LogP contribution in [0, 0.1) is 5.92 Å². The minimum absolute atomic E-state index is 0.0268. The van der Waals surface area contributed by atoms with Crippen molar-refractivity contribution < 1.29 is 23.9 Å². The topological polar surface area (TPSA) is 161 Å². The first-order valence-corrected chi connectivity index (χ1v) is 12.2. The number of ether oxygens (including phenoxy) is 1. The van der Waals surface area contributed by atoms with Gasteiger partial charge in [-0.25, -0.2) is 9.78 Å². The summed E-state index contributed by atoms with van der Waals surface area (Å²) in [4.78, 5) is 65.9. The van der Waals surface area contributed by atoms with Crippen molar-refractivity contribution in [2.45, 2.75) is 50.2 Å². The van der Waals surface area contributed by atoms with Crippen molar-refractivity contribution in [3.63, 3.8) is 0 Å². The summed E-state index contributed by atoms with van der Waals surface area (Å²) in [7, 11) is 1.25. The normalized spacial score (nSPS) is 20.5. The van der Waals surface area contributed by atoms with Crippen LogP contribution in [0.2, 0.25) is 0 Å². The number of anilines is 1. The van der Waals surface area contributed by atoms with E-state index in [0.717, 1.165) is 30.8 Å². The van der Waals surface area contributed by atoms with E-state index in [1.54, 1.807) is 6.07 Å². The lowest BCUT2D eigenvalue weighted by molar-refractivity contribution is -0.135. The molecule has 13 heteroatoms. The maximum Gasteiger partial charge on any atom is 0.330 e. The number of hydrogen-bond acceptors (Lipinski definition) is 9. The van der Waals surface area contributed by atoms with Gasteiger partial charge in [-0.1, -0.05) is 6.08 Å². The molecule has 2 aromatic heterocycles. The molecule has 36 heavy (non-hydrogen) atoms. The highest BCUT2D eigenvalue weighted by Crippen LogP contribution is 2.56. The van der Waals surface area contributed by atoms with E-state index in [9.17, 15) is 24.0 Å². The standard InChI is InChI=1S/C23H26N6O6S/c1-35-18(31)7-3-2-5-15(26-20(33)21-24-13-25-36-21)19(32)27-16-6-4-8-29(22(16)34)12-17(30)28-23-9-14(10-23)11-23/h3-4,6-8,13-15H,2,5,9-12H2,1H3,(H,26,33)(H,27,32)(H,28,30)/b7-3+/t14?,15-,23?/m0/s1. The van der Waals surface area contributed by atoms with Crippen LogP contribution in [0.15, 0.2) is 41.6 Å². The Labute approximate surface area is 210 Å². The van der Waals surface area contributed by atoms with Crippen LogP contribution in [-0.4, -0.2) is 56.3 Å². The second-order valence-electron chi connectivity index (χ2n) is 8.93. The molecule has 0 saturated heterocycles. The van der Waals surface area contributed by atoms with Gasteiger partial charge in [0.25, 0.3) is 11.5 Å². The zero-order valence-corrected chi connectivity index (χ0v) is 20.4. The number of nitrogens with zero attached hydrogens (tertiary/aromatic N) is 3. The number of carbonyl (C=O) groups is 4. The van der Waals surface area contributed by atoms with Crippen LogP contribution in [0.3, 0.4) is 0 Å². The van der Waals surface area contributed by atoms with E-state index < -0.39 is 29.4 Å². The minimum Gasteiger partial charge on any atom is -0.466 e. The largest absolute Gasteiger partial charge is 0.466 e. The molecule has 0 unspecified atom stereocenters.